The van der Waals surface area contributed by atoms with Crippen LogP contribution >= 0.6 is 0 Å². The highest BCUT2D eigenvalue weighted by atomic mass is 32.2. The van der Waals surface area contributed by atoms with Crippen molar-refractivity contribution in [1.82, 2.24) is 4.31 Å². The summed E-state index contributed by atoms with van der Waals surface area (Å²) >= 11 is 0. The first-order chi connectivity index (χ1) is 10.0. The van der Waals surface area contributed by atoms with E-state index in [4.69, 9.17) is 9.47 Å². The number of methoxy groups -OCH3 is 1. The molecule has 21 heavy (non-hydrogen) atoms. The van der Waals surface area contributed by atoms with Crippen LogP contribution in [0.15, 0.2) is 29.3 Å². The Morgan fingerprint density at radius 1 is 1.29 bits per heavy atom. The number of sulfonamides is 1. The van der Waals surface area contributed by atoms with Gasteiger partial charge in [-0.25, -0.2) is 13.4 Å². The van der Waals surface area contributed by atoms with Crippen molar-refractivity contribution in [3.8, 4) is 5.75 Å². The van der Waals surface area contributed by atoms with Gasteiger partial charge in [-0.15, -0.1) is 0 Å². The van der Waals surface area contributed by atoms with Crippen LogP contribution in [0, 0.1) is 0 Å². The Kier molecular flexibility index (Phi) is 4.84. The van der Waals surface area contributed by atoms with Gasteiger partial charge >= 0.3 is 0 Å². The van der Waals surface area contributed by atoms with Gasteiger partial charge in [-0.05, 0) is 24.3 Å². The number of hydrogen-bond acceptors (Lipinski definition) is 5. The molecule has 0 bridgehead atoms. The normalized spacial score (nSPS) is 18.5. The Bertz CT molecular complexity index is 606. The van der Waals surface area contributed by atoms with Gasteiger partial charge in [-0.2, -0.15) is 4.31 Å². The smallest absolute Gasteiger partial charge is 0.254 e. The van der Waals surface area contributed by atoms with Crippen molar-refractivity contribution in [3.05, 3.63) is 29.8 Å². The second kappa shape index (κ2) is 6.44. The van der Waals surface area contributed by atoms with Gasteiger partial charge in [0.05, 0.1) is 13.7 Å². The highest BCUT2D eigenvalue weighted by molar-refractivity contribution is 7.89. The molecule has 0 aromatic heterocycles. The van der Waals surface area contributed by atoms with E-state index < -0.39 is 15.5 Å². The van der Waals surface area contributed by atoms with Crippen molar-refractivity contribution < 1.29 is 17.9 Å². The van der Waals surface area contributed by atoms with Crippen molar-refractivity contribution in [3.63, 3.8) is 0 Å². The quantitative estimate of drug-likeness (QED) is 0.797. The largest absolute Gasteiger partial charge is 0.497 e. The molecule has 1 aliphatic rings. The van der Waals surface area contributed by atoms with Crippen LogP contribution in [0.2, 0.25) is 0 Å². The summed E-state index contributed by atoms with van der Waals surface area (Å²) in [6, 6.07) is 7.16. The summed E-state index contributed by atoms with van der Waals surface area (Å²) in [6.45, 7) is 4.59. The monoisotopic (exact) mass is 312 g/mol. The molecule has 0 N–H and O–H groups in total. The zero-order valence-corrected chi connectivity index (χ0v) is 13.3. The Hall–Kier alpha value is -1.60. The van der Waals surface area contributed by atoms with Crippen LogP contribution < -0.4 is 4.74 Å². The summed E-state index contributed by atoms with van der Waals surface area (Å²) in [4.78, 5) is 4.21. The van der Waals surface area contributed by atoms with Crippen molar-refractivity contribution in [2.45, 2.75) is 19.3 Å². The fourth-order valence-electron chi connectivity index (χ4n) is 2.15. The lowest BCUT2D eigenvalue weighted by Gasteiger charge is -2.22. The lowest BCUT2D eigenvalue weighted by molar-refractivity contribution is 0.280. The van der Waals surface area contributed by atoms with Crippen LogP contribution in [0.25, 0.3) is 0 Å². The van der Waals surface area contributed by atoms with Crippen LogP contribution in [-0.2, 0) is 14.8 Å². The second-order valence-corrected chi connectivity index (χ2v) is 6.62. The van der Waals surface area contributed by atoms with Gasteiger partial charge in [0.15, 0.2) is 0 Å². The fraction of sp³-hybridized carbons (Fsp3) is 0.500. The minimum absolute atomic E-state index is 0.125. The van der Waals surface area contributed by atoms with E-state index in [1.807, 2.05) is 0 Å². The molecule has 0 radical (unpaired) electrons. The molecule has 1 unspecified atom stereocenters. The van der Waals surface area contributed by atoms with Crippen molar-refractivity contribution in [2.75, 3.05) is 26.7 Å². The molecule has 0 aliphatic carbocycles. The highest BCUT2D eigenvalue weighted by Gasteiger charge is 2.36. The van der Waals surface area contributed by atoms with E-state index in [1.54, 1.807) is 45.2 Å². The third-order valence-corrected chi connectivity index (χ3v) is 5.51. The summed E-state index contributed by atoms with van der Waals surface area (Å²) in [5.41, 5.74) is -0.192. The molecule has 7 heteroatoms. The van der Waals surface area contributed by atoms with Crippen molar-refractivity contribution >= 4 is 15.9 Å². The Morgan fingerprint density at radius 2 is 1.90 bits per heavy atom. The molecular weight excluding hydrogens is 292 g/mol. The number of benzene rings is 1. The van der Waals surface area contributed by atoms with E-state index in [1.165, 1.54) is 4.31 Å². The first-order valence-corrected chi connectivity index (χ1v) is 8.37. The zero-order chi connectivity index (χ0) is 15.5. The molecule has 0 saturated carbocycles. The topological polar surface area (TPSA) is 68.2 Å². The number of hydrogen-bond donors (Lipinski definition) is 0. The van der Waals surface area contributed by atoms with E-state index in [2.05, 4.69) is 4.99 Å². The minimum atomic E-state index is -3.48. The number of aliphatic imine (C=N–C) groups is 1. The van der Waals surface area contributed by atoms with E-state index >= 15 is 0 Å². The van der Waals surface area contributed by atoms with Gasteiger partial charge in [0, 0.05) is 18.7 Å². The van der Waals surface area contributed by atoms with Crippen LogP contribution in [0.5, 0.6) is 5.75 Å². The van der Waals surface area contributed by atoms with Crippen molar-refractivity contribution in [2.24, 2.45) is 4.99 Å². The van der Waals surface area contributed by atoms with Crippen LogP contribution in [0.4, 0.5) is 0 Å². The van der Waals surface area contributed by atoms with Gasteiger partial charge < -0.3 is 9.47 Å². The van der Waals surface area contributed by atoms with E-state index in [0.717, 1.165) is 11.3 Å². The SMILES string of the molecule is CCN(CC)S(=O)(=O)C1CN=C(c2ccc(OC)cc2)O1. The highest BCUT2D eigenvalue weighted by Crippen LogP contribution is 2.20. The van der Waals surface area contributed by atoms with Crippen molar-refractivity contribution in [1.29, 1.82) is 0 Å². The maximum atomic E-state index is 12.4. The second-order valence-electron chi connectivity index (χ2n) is 4.55. The molecule has 1 aromatic rings. The lowest BCUT2D eigenvalue weighted by atomic mass is 10.2. The molecule has 2 rings (SSSR count). The number of nitrogens with zero attached hydrogens (tertiary/aromatic N) is 2. The van der Waals surface area contributed by atoms with Gasteiger partial charge in [-0.1, -0.05) is 13.8 Å². The molecule has 1 atom stereocenters. The van der Waals surface area contributed by atoms with Gasteiger partial charge in [-0.3, -0.25) is 0 Å². The van der Waals surface area contributed by atoms with Gasteiger partial charge in [0.2, 0.25) is 11.3 Å². The molecular formula is C14H20N2O4S. The number of ether oxygens (including phenoxy) is 2. The van der Waals surface area contributed by atoms with Crippen LogP contribution in [0.1, 0.15) is 19.4 Å². The molecule has 0 spiro atoms. The third-order valence-electron chi connectivity index (χ3n) is 3.36. The molecule has 1 aliphatic heterocycles. The third kappa shape index (κ3) is 3.19. The molecule has 0 fully saturated rings. The van der Waals surface area contributed by atoms with Crippen LogP contribution in [-0.4, -0.2) is 50.8 Å². The number of rotatable bonds is 6. The summed E-state index contributed by atoms with van der Waals surface area (Å²) in [6.07, 6.45) is 0. The van der Waals surface area contributed by atoms with Crippen LogP contribution in [0.3, 0.4) is 0 Å². The summed E-state index contributed by atoms with van der Waals surface area (Å²) in [7, 11) is -1.89. The summed E-state index contributed by atoms with van der Waals surface area (Å²) < 4.78 is 36.8. The minimum Gasteiger partial charge on any atom is -0.497 e. The maximum Gasteiger partial charge on any atom is 0.254 e. The Balaban J connectivity index is 2.12. The van der Waals surface area contributed by atoms with E-state index in [9.17, 15) is 8.42 Å². The Labute approximate surface area is 125 Å². The first kappa shape index (κ1) is 15.8. The summed E-state index contributed by atoms with van der Waals surface area (Å²) in [5.74, 6) is 1.09. The Morgan fingerprint density at radius 3 is 2.43 bits per heavy atom. The predicted molar refractivity (Wildman–Crippen MR) is 81.1 cm³/mol. The lowest BCUT2D eigenvalue weighted by Crippen LogP contribution is -2.40. The van der Waals surface area contributed by atoms with Gasteiger partial charge in [0.25, 0.3) is 10.0 Å². The van der Waals surface area contributed by atoms with Gasteiger partial charge in [0.1, 0.15) is 5.75 Å². The first-order valence-electron chi connectivity index (χ1n) is 6.87. The maximum absolute atomic E-state index is 12.4. The summed E-state index contributed by atoms with van der Waals surface area (Å²) in [5, 5.41) is 0. The standard InChI is InChI=1S/C14H20N2O4S/c1-4-16(5-2)21(17,18)13-10-15-14(20-13)11-6-8-12(19-3)9-7-11/h6-9,13H,4-5,10H2,1-3H3. The molecule has 0 saturated heterocycles. The van der Waals surface area contributed by atoms with E-state index in [0.29, 0.717) is 19.0 Å². The molecule has 116 valence electrons. The average Bonchev–Trinajstić information content (AvgIpc) is 2.99. The predicted octanol–water partition coefficient (Wildman–Crippen LogP) is 1.47. The molecule has 0 amide bonds. The molecule has 1 heterocycles. The zero-order valence-electron chi connectivity index (χ0n) is 12.4. The average molecular weight is 312 g/mol. The van der Waals surface area contributed by atoms with E-state index in [-0.39, 0.29) is 6.54 Å². The molecule has 1 aromatic carbocycles. The molecule has 6 nitrogen and oxygen atoms in total. The fourth-order valence-corrected chi connectivity index (χ4v) is 3.68.